The summed E-state index contributed by atoms with van der Waals surface area (Å²) in [6, 6.07) is 0. The van der Waals surface area contributed by atoms with E-state index >= 15 is 0 Å². The summed E-state index contributed by atoms with van der Waals surface area (Å²) in [7, 11) is -0.451. The first-order valence-corrected chi connectivity index (χ1v) is 7.25. The molecule has 3 rings (SSSR count). The molecule has 3 heterocycles. The van der Waals surface area contributed by atoms with Crippen LogP contribution < -0.4 is 5.46 Å². The van der Waals surface area contributed by atoms with Crippen LogP contribution in [0.2, 0.25) is 0 Å². The number of nitrogens with zero attached hydrogens (tertiary/aromatic N) is 4. The maximum Gasteiger partial charge on any atom is 0.498 e. The van der Waals surface area contributed by atoms with Crippen molar-refractivity contribution in [1.29, 1.82) is 0 Å². The van der Waals surface area contributed by atoms with E-state index in [1.54, 1.807) is 24.8 Å². The Hall–Kier alpha value is -1.86. The average molecular weight is 298 g/mol. The highest BCUT2D eigenvalue weighted by atomic mass is 16.7. The van der Waals surface area contributed by atoms with Gasteiger partial charge in [-0.25, -0.2) is 19.9 Å². The van der Waals surface area contributed by atoms with Gasteiger partial charge in [0, 0.05) is 30.3 Å². The predicted molar refractivity (Wildman–Crippen MR) is 83.5 cm³/mol. The van der Waals surface area contributed by atoms with Gasteiger partial charge in [-0.15, -0.1) is 0 Å². The van der Waals surface area contributed by atoms with Gasteiger partial charge in [-0.2, -0.15) is 0 Å². The third-order valence-corrected chi connectivity index (χ3v) is 4.24. The molecule has 0 radical (unpaired) electrons. The zero-order valence-corrected chi connectivity index (χ0v) is 13.5. The van der Waals surface area contributed by atoms with Gasteiger partial charge in [0.15, 0.2) is 5.82 Å². The van der Waals surface area contributed by atoms with Crippen LogP contribution in [0.4, 0.5) is 0 Å². The minimum absolute atomic E-state index is 0.374. The number of aryl methyl sites for hydroxylation is 1. The maximum atomic E-state index is 5.98. The molecule has 0 unspecified atom stereocenters. The van der Waals surface area contributed by atoms with Crippen LogP contribution in [-0.4, -0.2) is 38.3 Å². The SMILES string of the molecule is Cc1ncc(-c2ncc(B3OC(C)(C)C(C)(C)O3)cn2)cn1. The van der Waals surface area contributed by atoms with Crippen LogP contribution in [0.5, 0.6) is 0 Å². The smallest absolute Gasteiger partial charge is 0.399 e. The van der Waals surface area contributed by atoms with Crippen LogP contribution in [0.3, 0.4) is 0 Å². The van der Waals surface area contributed by atoms with Crippen LogP contribution in [0.1, 0.15) is 33.5 Å². The Kier molecular flexibility index (Phi) is 3.49. The molecule has 1 aliphatic heterocycles. The number of hydrogen-bond acceptors (Lipinski definition) is 6. The number of rotatable bonds is 2. The first-order valence-electron chi connectivity index (χ1n) is 7.25. The molecule has 1 aliphatic rings. The third-order valence-electron chi connectivity index (χ3n) is 4.24. The van der Waals surface area contributed by atoms with E-state index in [-0.39, 0.29) is 11.2 Å². The molecule has 114 valence electrons. The molecule has 1 fully saturated rings. The molecule has 2 aromatic rings. The molecule has 0 aromatic carbocycles. The summed E-state index contributed by atoms with van der Waals surface area (Å²) in [4.78, 5) is 17.0. The summed E-state index contributed by atoms with van der Waals surface area (Å²) in [6.07, 6.45) is 6.88. The highest BCUT2D eigenvalue weighted by Gasteiger charge is 2.51. The maximum absolute atomic E-state index is 5.98. The van der Waals surface area contributed by atoms with Crippen molar-refractivity contribution in [3.05, 3.63) is 30.6 Å². The van der Waals surface area contributed by atoms with E-state index in [1.807, 2.05) is 34.6 Å². The normalized spacial score (nSPS) is 19.4. The second-order valence-electron chi connectivity index (χ2n) is 6.45. The van der Waals surface area contributed by atoms with Crippen molar-refractivity contribution in [3.63, 3.8) is 0 Å². The van der Waals surface area contributed by atoms with Crippen LogP contribution in [0, 0.1) is 6.92 Å². The minimum Gasteiger partial charge on any atom is -0.399 e. The van der Waals surface area contributed by atoms with Crippen molar-refractivity contribution in [2.75, 3.05) is 0 Å². The fraction of sp³-hybridized carbons (Fsp3) is 0.467. The molecule has 0 N–H and O–H groups in total. The molecular formula is C15H19BN4O2. The lowest BCUT2D eigenvalue weighted by molar-refractivity contribution is 0.00578. The van der Waals surface area contributed by atoms with Crippen LogP contribution in [0.15, 0.2) is 24.8 Å². The van der Waals surface area contributed by atoms with Gasteiger partial charge in [-0.3, -0.25) is 0 Å². The first-order chi connectivity index (χ1) is 10.3. The summed E-state index contributed by atoms with van der Waals surface area (Å²) < 4.78 is 12.0. The van der Waals surface area contributed by atoms with Gasteiger partial charge in [-0.05, 0) is 34.6 Å². The zero-order chi connectivity index (χ0) is 16.0. The fourth-order valence-corrected chi connectivity index (χ4v) is 2.10. The lowest BCUT2D eigenvalue weighted by Crippen LogP contribution is -2.41. The summed E-state index contributed by atoms with van der Waals surface area (Å²) in [6.45, 7) is 9.92. The standard InChI is InChI=1S/C15H19BN4O2/c1-10-17-6-11(7-18-10)13-19-8-12(9-20-13)16-21-14(2,3)15(4,5)22-16/h6-9H,1-5H3. The third kappa shape index (κ3) is 2.62. The molecular weight excluding hydrogens is 279 g/mol. The highest BCUT2D eigenvalue weighted by Crippen LogP contribution is 2.36. The van der Waals surface area contributed by atoms with Gasteiger partial charge < -0.3 is 9.31 Å². The van der Waals surface area contributed by atoms with Gasteiger partial charge in [0.25, 0.3) is 0 Å². The van der Waals surface area contributed by atoms with Crippen LogP contribution >= 0.6 is 0 Å². The summed E-state index contributed by atoms with van der Waals surface area (Å²) in [5, 5.41) is 0. The Labute approximate surface area is 130 Å². The summed E-state index contributed by atoms with van der Waals surface area (Å²) in [5.74, 6) is 1.30. The monoisotopic (exact) mass is 298 g/mol. The van der Waals surface area contributed by atoms with E-state index in [0.29, 0.717) is 5.82 Å². The fourth-order valence-electron chi connectivity index (χ4n) is 2.10. The second kappa shape index (κ2) is 5.10. The van der Waals surface area contributed by atoms with Gasteiger partial charge in [-0.1, -0.05) is 0 Å². The molecule has 7 heteroatoms. The predicted octanol–water partition coefficient (Wildman–Crippen LogP) is 1.54. The Morgan fingerprint density at radius 1 is 0.818 bits per heavy atom. The van der Waals surface area contributed by atoms with Crippen LogP contribution in [0.25, 0.3) is 11.4 Å². The lowest BCUT2D eigenvalue weighted by atomic mass is 9.81. The Balaban J connectivity index is 1.82. The number of hydrogen-bond donors (Lipinski definition) is 0. The minimum atomic E-state index is -0.451. The summed E-state index contributed by atoms with van der Waals surface area (Å²) >= 11 is 0. The van der Waals surface area contributed by atoms with Crippen molar-refractivity contribution in [2.24, 2.45) is 0 Å². The molecule has 6 nitrogen and oxygen atoms in total. The second-order valence-corrected chi connectivity index (χ2v) is 6.45. The molecule has 0 saturated carbocycles. The van der Waals surface area contributed by atoms with Gasteiger partial charge in [0.2, 0.25) is 0 Å². The van der Waals surface area contributed by atoms with Crippen LogP contribution in [-0.2, 0) is 9.31 Å². The van der Waals surface area contributed by atoms with Gasteiger partial charge in [0.05, 0.1) is 16.8 Å². The summed E-state index contributed by atoms with van der Waals surface area (Å²) in [5.41, 5.74) is 0.837. The molecule has 0 aliphatic carbocycles. The van der Waals surface area contributed by atoms with Crippen molar-refractivity contribution in [2.45, 2.75) is 45.8 Å². The van der Waals surface area contributed by atoms with E-state index < -0.39 is 7.12 Å². The van der Waals surface area contributed by atoms with E-state index in [1.165, 1.54) is 0 Å². The zero-order valence-electron chi connectivity index (χ0n) is 13.5. The van der Waals surface area contributed by atoms with E-state index in [4.69, 9.17) is 9.31 Å². The van der Waals surface area contributed by atoms with Crippen molar-refractivity contribution in [1.82, 2.24) is 19.9 Å². The van der Waals surface area contributed by atoms with Crippen molar-refractivity contribution >= 4 is 12.6 Å². The van der Waals surface area contributed by atoms with E-state index in [0.717, 1.165) is 16.9 Å². The van der Waals surface area contributed by atoms with Gasteiger partial charge in [0.1, 0.15) is 5.82 Å². The molecule has 2 aromatic heterocycles. The molecule has 0 spiro atoms. The molecule has 0 amide bonds. The lowest BCUT2D eigenvalue weighted by Gasteiger charge is -2.32. The number of aromatic nitrogens is 4. The average Bonchev–Trinajstić information content (AvgIpc) is 2.68. The van der Waals surface area contributed by atoms with E-state index in [9.17, 15) is 0 Å². The highest BCUT2D eigenvalue weighted by molar-refractivity contribution is 6.61. The largest absolute Gasteiger partial charge is 0.498 e. The topological polar surface area (TPSA) is 70.0 Å². The Bertz CT molecular complexity index is 655. The molecule has 0 bridgehead atoms. The molecule has 1 saturated heterocycles. The van der Waals surface area contributed by atoms with Gasteiger partial charge >= 0.3 is 7.12 Å². The van der Waals surface area contributed by atoms with Crippen molar-refractivity contribution in [3.8, 4) is 11.4 Å². The van der Waals surface area contributed by atoms with Crippen molar-refractivity contribution < 1.29 is 9.31 Å². The molecule has 0 atom stereocenters. The quantitative estimate of drug-likeness (QED) is 0.783. The Morgan fingerprint density at radius 2 is 1.32 bits per heavy atom. The van der Waals surface area contributed by atoms with E-state index in [2.05, 4.69) is 19.9 Å². The Morgan fingerprint density at radius 3 is 1.82 bits per heavy atom. The first kappa shape index (κ1) is 15.1. The molecule has 22 heavy (non-hydrogen) atoms.